The van der Waals surface area contributed by atoms with E-state index >= 15 is 0 Å². The van der Waals surface area contributed by atoms with E-state index in [4.69, 9.17) is 4.74 Å². The normalized spacial score (nSPS) is 27.6. The Balaban J connectivity index is 2.00. The fraction of sp³-hybridized carbons (Fsp3) is 0.933. The second kappa shape index (κ2) is 4.75. The van der Waals surface area contributed by atoms with Gasteiger partial charge in [0.05, 0.1) is 0 Å². The van der Waals surface area contributed by atoms with E-state index in [0.29, 0.717) is 11.5 Å². The molecule has 1 saturated heterocycles. The molecule has 0 bridgehead atoms. The van der Waals surface area contributed by atoms with Crippen molar-refractivity contribution < 1.29 is 9.53 Å². The lowest BCUT2D eigenvalue weighted by Gasteiger charge is -2.33. The van der Waals surface area contributed by atoms with E-state index < -0.39 is 0 Å². The first kappa shape index (κ1) is 13.7. The maximum absolute atomic E-state index is 12.2. The molecule has 104 valence electrons. The van der Waals surface area contributed by atoms with Gasteiger partial charge in [-0.15, -0.1) is 0 Å². The van der Waals surface area contributed by atoms with E-state index in [1.807, 2.05) is 25.7 Å². The number of rotatable bonds is 0. The van der Waals surface area contributed by atoms with E-state index in [1.165, 1.54) is 32.1 Å². The Kier molecular flexibility index (Phi) is 3.61. The van der Waals surface area contributed by atoms with Crippen LogP contribution in [0.2, 0.25) is 0 Å². The molecule has 3 nitrogen and oxygen atoms in total. The van der Waals surface area contributed by atoms with Gasteiger partial charge in [0, 0.05) is 12.6 Å². The highest BCUT2D eigenvalue weighted by Crippen LogP contribution is 2.46. The molecule has 2 fully saturated rings. The van der Waals surface area contributed by atoms with Crippen molar-refractivity contribution >= 4 is 6.09 Å². The molecule has 1 aliphatic heterocycles. The second-order valence-corrected chi connectivity index (χ2v) is 7.22. The number of nitrogens with zero attached hydrogens (tertiary/aromatic N) is 1. The largest absolute Gasteiger partial charge is 0.444 e. The zero-order valence-corrected chi connectivity index (χ0v) is 12.3. The summed E-state index contributed by atoms with van der Waals surface area (Å²) in [7, 11) is 0. The summed E-state index contributed by atoms with van der Waals surface area (Å²) >= 11 is 0. The van der Waals surface area contributed by atoms with Gasteiger partial charge in [0.15, 0.2) is 0 Å². The summed E-state index contributed by atoms with van der Waals surface area (Å²) in [5.41, 5.74) is 0.00763. The molecule has 0 aromatic rings. The first-order valence-electron chi connectivity index (χ1n) is 7.31. The standard InChI is InChI=1S/C15H27NO2/c1-12-10-15(8-6-5-7-9-15)11-16(12)13(17)18-14(2,3)4/h12H,5-11H2,1-4H3. The predicted octanol–water partition coefficient (Wildman–Crippen LogP) is 3.97. The molecule has 0 radical (unpaired) electrons. The van der Waals surface area contributed by atoms with Gasteiger partial charge < -0.3 is 9.64 Å². The van der Waals surface area contributed by atoms with Gasteiger partial charge >= 0.3 is 6.09 Å². The lowest BCUT2D eigenvalue weighted by Crippen LogP contribution is -2.39. The molecule has 0 aromatic carbocycles. The average molecular weight is 253 g/mol. The van der Waals surface area contributed by atoms with E-state index in [9.17, 15) is 4.79 Å². The Morgan fingerprint density at radius 1 is 1.22 bits per heavy atom. The summed E-state index contributed by atoms with van der Waals surface area (Å²) in [6.45, 7) is 8.86. The Bertz CT molecular complexity index is 313. The summed E-state index contributed by atoms with van der Waals surface area (Å²) in [6.07, 6.45) is 7.63. The molecule has 2 rings (SSSR count). The fourth-order valence-electron chi connectivity index (χ4n) is 3.55. The number of carbonyl (C=O) groups is 1. The van der Waals surface area contributed by atoms with Gasteiger partial charge in [0.2, 0.25) is 0 Å². The summed E-state index contributed by atoms with van der Waals surface area (Å²) in [6, 6.07) is 0.331. The summed E-state index contributed by atoms with van der Waals surface area (Å²) in [5, 5.41) is 0. The van der Waals surface area contributed by atoms with Crippen molar-refractivity contribution in [1.29, 1.82) is 0 Å². The van der Waals surface area contributed by atoms with Crippen molar-refractivity contribution in [2.45, 2.75) is 77.9 Å². The van der Waals surface area contributed by atoms with Crippen LogP contribution in [0.4, 0.5) is 4.79 Å². The van der Waals surface area contributed by atoms with E-state index in [-0.39, 0.29) is 11.7 Å². The van der Waals surface area contributed by atoms with Crippen LogP contribution in [0, 0.1) is 5.41 Å². The van der Waals surface area contributed by atoms with Crippen LogP contribution in [-0.2, 0) is 4.74 Å². The smallest absolute Gasteiger partial charge is 0.410 e. The Labute approximate surface area is 111 Å². The molecular formula is C15H27NO2. The molecular weight excluding hydrogens is 226 g/mol. The number of amides is 1. The third-order valence-electron chi connectivity index (χ3n) is 4.31. The highest BCUT2D eigenvalue weighted by atomic mass is 16.6. The molecule has 1 spiro atoms. The third-order valence-corrected chi connectivity index (χ3v) is 4.31. The number of ether oxygens (including phenoxy) is 1. The molecule has 1 unspecified atom stereocenters. The quantitative estimate of drug-likeness (QED) is 0.654. The number of likely N-dealkylation sites (tertiary alicyclic amines) is 1. The predicted molar refractivity (Wildman–Crippen MR) is 72.5 cm³/mol. The average Bonchev–Trinajstić information content (AvgIpc) is 2.54. The lowest BCUT2D eigenvalue weighted by molar-refractivity contribution is 0.0214. The molecule has 1 amide bonds. The minimum Gasteiger partial charge on any atom is -0.444 e. The van der Waals surface area contributed by atoms with Crippen LogP contribution in [0.1, 0.15) is 66.2 Å². The Hall–Kier alpha value is -0.730. The van der Waals surface area contributed by atoms with Crippen molar-refractivity contribution in [3.05, 3.63) is 0 Å². The Morgan fingerprint density at radius 2 is 1.83 bits per heavy atom. The van der Waals surface area contributed by atoms with Gasteiger partial charge in [0.1, 0.15) is 5.60 Å². The minimum atomic E-state index is -0.390. The molecule has 0 N–H and O–H groups in total. The van der Waals surface area contributed by atoms with Crippen LogP contribution in [0.3, 0.4) is 0 Å². The number of hydrogen-bond donors (Lipinski definition) is 0. The fourth-order valence-corrected chi connectivity index (χ4v) is 3.55. The second-order valence-electron chi connectivity index (χ2n) is 7.22. The van der Waals surface area contributed by atoms with E-state index in [0.717, 1.165) is 13.0 Å². The highest BCUT2D eigenvalue weighted by Gasteiger charge is 2.45. The minimum absolute atomic E-state index is 0.127. The lowest BCUT2D eigenvalue weighted by atomic mass is 9.73. The molecule has 0 aromatic heterocycles. The van der Waals surface area contributed by atoms with Crippen LogP contribution in [0.25, 0.3) is 0 Å². The number of hydrogen-bond acceptors (Lipinski definition) is 2. The molecule has 1 heterocycles. The topological polar surface area (TPSA) is 29.5 Å². The molecule has 2 aliphatic rings. The van der Waals surface area contributed by atoms with Crippen molar-refractivity contribution in [1.82, 2.24) is 4.90 Å². The SMILES string of the molecule is CC1CC2(CCCCC2)CN1C(=O)OC(C)(C)C. The van der Waals surface area contributed by atoms with E-state index in [2.05, 4.69) is 6.92 Å². The van der Waals surface area contributed by atoms with Crippen LogP contribution < -0.4 is 0 Å². The van der Waals surface area contributed by atoms with Crippen molar-refractivity contribution in [2.75, 3.05) is 6.54 Å². The van der Waals surface area contributed by atoms with Crippen molar-refractivity contribution in [3.8, 4) is 0 Å². The summed E-state index contributed by atoms with van der Waals surface area (Å²) < 4.78 is 5.51. The molecule has 18 heavy (non-hydrogen) atoms. The van der Waals surface area contributed by atoms with Crippen LogP contribution in [0.5, 0.6) is 0 Å². The molecule has 1 saturated carbocycles. The first-order chi connectivity index (χ1) is 8.31. The van der Waals surface area contributed by atoms with Gasteiger partial charge in [-0.2, -0.15) is 0 Å². The Morgan fingerprint density at radius 3 is 2.39 bits per heavy atom. The maximum atomic E-state index is 12.2. The van der Waals surface area contributed by atoms with Crippen LogP contribution in [-0.4, -0.2) is 29.2 Å². The van der Waals surface area contributed by atoms with Gasteiger partial charge in [0.25, 0.3) is 0 Å². The van der Waals surface area contributed by atoms with Gasteiger partial charge in [-0.1, -0.05) is 19.3 Å². The van der Waals surface area contributed by atoms with E-state index in [1.54, 1.807) is 0 Å². The molecule has 1 atom stereocenters. The van der Waals surface area contributed by atoms with Crippen LogP contribution >= 0.6 is 0 Å². The number of carbonyl (C=O) groups excluding carboxylic acids is 1. The highest BCUT2D eigenvalue weighted by molar-refractivity contribution is 5.69. The van der Waals surface area contributed by atoms with Gasteiger partial charge in [-0.3, -0.25) is 0 Å². The van der Waals surface area contributed by atoms with Gasteiger partial charge in [-0.25, -0.2) is 4.79 Å². The zero-order chi connectivity index (χ0) is 13.4. The summed E-state index contributed by atoms with van der Waals surface area (Å²) in [4.78, 5) is 14.2. The summed E-state index contributed by atoms with van der Waals surface area (Å²) in [5.74, 6) is 0. The third kappa shape index (κ3) is 2.99. The van der Waals surface area contributed by atoms with Crippen molar-refractivity contribution in [2.24, 2.45) is 5.41 Å². The maximum Gasteiger partial charge on any atom is 0.410 e. The molecule has 3 heteroatoms. The first-order valence-corrected chi connectivity index (χ1v) is 7.31. The monoisotopic (exact) mass is 253 g/mol. The zero-order valence-electron chi connectivity index (χ0n) is 12.3. The van der Waals surface area contributed by atoms with Crippen LogP contribution in [0.15, 0.2) is 0 Å². The molecule has 1 aliphatic carbocycles. The van der Waals surface area contributed by atoms with Gasteiger partial charge in [-0.05, 0) is 52.4 Å². The van der Waals surface area contributed by atoms with Crippen molar-refractivity contribution in [3.63, 3.8) is 0 Å².